The van der Waals surface area contributed by atoms with E-state index in [0.717, 1.165) is 0 Å². The first-order chi connectivity index (χ1) is 12.7. The molecular formula is C19H17N3O3S. The summed E-state index contributed by atoms with van der Waals surface area (Å²) in [7, 11) is 1.53. The highest BCUT2D eigenvalue weighted by molar-refractivity contribution is 7.99. The van der Waals surface area contributed by atoms with E-state index in [0.29, 0.717) is 27.7 Å². The third-order valence-electron chi connectivity index (χ3n) is 3.59. The van der Waals surface area contributed by atoms with Gasteiger partial charge in [0.1, 0.15) is 5.75 Å². The number of nitrogens with one attached hydrogen (secondary N) is 2. The molecule has 0 fully saturated rings. The van der Waals surface area contributed by atoms with Gasteiger partial charge in [0, 0.05) is 23.5 Å². The quantitative estimate of drug-likeness (QED) is 0.494. The molecule has 0 aliphatic carbocycles. The number of carbonyl (C=O) groups excluding carboxylic acids is 2. The Labute approximate surface area is 155 Å². The maximum atomic E-state index is 12.8. The molecule has 3 aromatic rings. The first kappa shape index (κ1) is 17.8. The highest BCUT2D eigenvalue weighted by atomic mass is 32.2. The second kappa shape index (κ2) is 8.35. The number of thioether (sulfide) groups is 1. The lowest BCUT2D eigenvalue weighted by Gasteiger charge is -2.12. The molecule has 0 aliphatic heterocycles. The van der Waals surface area contributed by atoms with Crippen LogP contribution in [0.4, 0.5) is 5.69 Å². The molecule has 1 heterocycles. The number of hydrogen-bond acceptors (Lipinski definition) is 5. The van der Waals surface area contributed by atoms with E-state index in [1.165, 1.54) is 18.9 Å². The molecule has 0 radical (unpaired) electrons. The third-order valence-corrected chi connectivity index (χ3v) is 4.50. The number of imidazole rings is 1. The van der Waals surface area contributed by atoms with Crippen molar-refractivity contribution >= 4 is 29.1 Å². The lowest BCUT2D eigenvalue weighted by atomic mass is 10.0. The van der Waals surface area contributed by atoms with Gasteiger partial charge in [-0.3, -0.25) is 9.59 Å². The number of aromatic nitrogens is 2. The topological polar surface area (TPSA) is 84.1 Å². The van der Waals surface area contributed by atoms with Crippen LogP contribution in [0.3, 0.4) is 0 Å². The number of H-pyrrole nitrogens is 1. The van der Waals surface area contributed by atoms with E-state index in [-0.39, 0.29) is 17.4 Å². The minimum Gasteiger partial charge on any atom is -0.497 e. The van der Waals surface area contributed by atoms with E-state index in [2.05, 4.69) is 15.3 Å². The molecule has 0 unspecified atom stereocenters. The van der Waals surface area contributed by atoms with Gasteiger partial charge in [-0.1, -0.05) is 42.1 Å². The summed E-state index contributed by atoms with van der Waals surface area (Å²) in [4.78, 5) is 32.1. The summed E-state index contributed by atoms with van der Waals surface area (Å²) >= 11 is 1.28. The fourth-order valence-corrected chi connectivity index (χ4v) is 2.97. The number of carbonyl (C=O) groups is 2. The molecule has 2 N–H and O–H groups in total. The lowest BCUT2D eigenvalue weighted by Crippen LogP contribution is -2.17. The molecule has 7 heteroatoms. The normalized spacial score (nSPS) is 10.3. The maximum absolute atomic E-state index is 12.8. The molecule has 0 saturated carbocycles. The van der Waals surface area contributed by atoms with Crippen LogP contribution >= 0.6 is 11.8 Å². The van der Waals surface area contributed by atoms with Crippen molar-refractivity contribution in [3.63, 3.8) is 0 Å². The SMILES string of the molecule is COc1ccc(NC(=O)CSc2ncc[nH]2)c(C(=O)c2ccccc2)c1. The number of nitrogens with zero attached hydrogens (tertiary/aromatic N) is 1. The zero-order valence-corrected chi connectivity index (χ0v) is 14.9. The van der Waals surface area contributed by atoms with Gasteiger partial charge in [0.2, 0.25) is 5.91 Å². The Kier molecular flexibility index (Phi) is 5.70. The van der Waals surface area contributed by atoms with E-state index >= 15 is 0 Å². The van der Waals surface area contributed by atoms with Crippen LogP contribution < -0.4 is 10.1 Å². The number of benzene rings is 2. The van der Waals surface area contributed by atoms with Crippen molar-refractivity contribution in [3.8, 4) is 5.75 Å². The second-order valence-electron chi connectivity index (χ2n) is 5.34. The molecule has 132 valence electrons. The second-order valence-corrected chi connectivity index (χ2v) is 6.30. The average Bonchev–Trinajstić information content (AvgIpc) is 3.20. The van der Waals surface area contributed by atoms with Gasteiger partial charge in [0.15, 0.2) is 10.9 Å². The van der Waals surface area contributed by atoms with Crippen LogP contribution in [0.25, 0.3) is 0 Å². The van der Waals surface area contributed by atoms with Gasteiger partial charge in [-0.15, -0.1) is 0 Å². The van der Waals surface area contributed by atoms with Gasteiger partial charge >= 0.3 is 0 Å². The predicted octanol–water partition coefficient (Wildman–Crippen LogP) is 3.38. The van der Waals surface area contributed by atoms with Crippen molar-refractivity contribution in [2.24, 2.45) is 0 Å². The Bertz CT molecular complexity index is 896. The zero-order valence-electron chi connectivity index (χ0n) is 14.1. The maximum Gasteiger partial charge on any atom is 0.234 e. The first-order valence-corrected chi connectivity index (χ1v) is 8.86. The van der Waals surface area contributed by atoms with Crippen molar-refractivity contribution in [3.05, 3.63) is 72.1 Å². The van der Waals surface area contributed by atoms with E-state index in [1.807, 2.05) is 6.07 Å². The zero-order chi connectivity index (χ0) is 18.4. The summed E-state index contributed by atoms with van der Waals surface area (Å²) in [5.74, 6) is 0.322. The van der Waals surface area contributed by atoms with Crippen molar-refractivity contribution in [2.45, 2.75) is 5.16 Å². The van der Waals surface area contributed by atoms with Crippen LogP contribution in [0.1, 0.15) is 15.9 Å². The largest absolute Gasteiger partial charge is 0.497 e. The number of hydrogen-bond donors (Lipinski definition) is 2. The molecule has 3 rings (SSSR count). The van der Waals surface area contributed by atoms with Gasteiger partial charge in [0.25, 0.3) is 0 Å². The standard InChI is InChI=1S/C19H17N3O3S/c1-25-14-7-8-16(22-17(23)12-26-19-20-9-10-21-19)15(11-14)18(24)13-5-3-2-4-6-13/h2-11H,12H2,1H3,(H,20,21)(H,22,23). The summed E-state index contributed by atoms with van der Waals surface area (Å²) in [6.45, 7) is 0. The van der Waals surface area contributed by atoms with E-state index in [4.69, 9.17) is 4.74 Å². The van der Waals surface area contributed by atoms with Crippen LogP contribution in [0.15, 0.2) is 66.1 Å². The number of amides is 1. The highest BCUT2D eigenvalue weighted by Gasteiger charge is 2.16. The summed E-state index contributed by atoms with van der Waals surface area (Å²) in [5.41, 5.74) is 1.37. The van der Waals surface area contributed by atoms with Gasteiger partial charge in [-0.2, -0.15) is 0 Å². The van der Waals surface area contributed by atoms with Crippen molar-refractivity contribution in [2.75, 3.05) is 18.2 Å². The van der Waals surface area contributed by atoms with Crippen molar-refractivity contribution < 1.29 is 14.3 Å². The molecule has 1 amide bonds. The van der Waals surface area contributed by atoms with E-state index in [9.17, 15) is 9.59 Å². The van der Waals surface area contributed by atoms with E-state index in [1.54, 1.807) is 54.9 Å². The number of aromatic amines is 1. The summed E-state index contributed by atoms with van der Waals surface area (Å²) < 4.78 is 5.22. The van der Waals surface area contributed by atoms with Gasteiger partial charge < -0.3 is 15.0 Å². The Morgan fingerprint density at radius 1 is 1.19 bits per heavy atom. The van der Waals surface area contributed by atoms with Crippen LogP contribution in [0.2, 0.25) is 0 Å². The van der Waals surface area contributed by atoms with Crippen molar-refractivity contribution in [1.29, 1.82) is 0 Å². The van der Waals surface area contributed by atoms with E-state index < -0.39 is 0 Å². The predicted molar refractivity (Wildman–Crippen MR) is 101 cm³/mol. The average molecular weight is 367 g/mol. The molecular weight excluding hydrogens is 350 g/mol. The Balaban J connectivity index is 1.79. The molecule has 0 saturated heterocycles. The Morgan fingerprint density at radius 3 is 2.69 bits per heavy atom. The number of methoxy groups -OCH3 is 1. The lowest BCUT2D eigenvalue weighted by molar-refractivity contribution is -0.113. The summed E-state index contributed by atoms with van der Waals surface area (Å²) in [6.07, 6.45) is 3.32. The molecule has 0 atom stereocenters. The Hall–Kier alpha value is -3.06. The minimum atomic E-state index is -0.223. The molecule has 6 nitrogen and oxygen atoms in total. The highest BCUT2D eigenvalue weighted by Crippen LogP contribution is 2.25. The summed E-state index contributed by atoms with van der Waals surface area (Å²) in [5, 5.41) is 3.46. The monoisotopic (exact) mass is 367 g/mol. The molecule has 26 heavy (non-hydrogen) atoms. The Morgan fingerprint density at radius 2 is 2.00 bits per heavy atom. The van der Waals surface area contributed by atoms with Crippen molar-refractivity contribution in [1.82, 2.24) is 9.97 Å². The van der Waals surface area contributed by atoms with Crippen LogP contribution in [-0.2, 0) is 4.79 Å². The fourth-order valence-electron chi connectivity index (χ4n) is 2.34. The van der Waals surface area contributed by atoms with Crippen LogP contribution in [0.5, 0.6) is 5.75 Å². The molecule has 0 aliphatic rings. The van der Waals surface area contributed by atoms with Gasteiger partial charge in [-0.25, -0.2) is 4.98 Å². The minimum absolute atomic E-state index is 0.179. The fraction of sp³-hybridized carbons (Fsp3) is 0.105. The summed E-state index contributed by atoms with van der Waals surface area (Å²) in [6, 6.07) is 13.9. The first-order valence-electron chi connectivity index (χ1n) is 7.87. The molecule has 1 aromatic heterocycles. The van der Waals surface area contributed by atoms with Crippen LogP contribution in [0, 0.1) is 0 Å². The van der Waals surface area contributed by atoms with Crippen LogP contribution in [-0.4, -0.2) is 34.5 Å². The van der Waals surface area contributed by atoms with Gasteiger partial charge in [0.05, 0.1) is 18.6 Å². The molecule has 0 spiro atoms. The number of ether oxygens (including phenoxy) is 1. The smallest absolute Gasteiger partial charge is 0.234 e. The van der Waals surface area contributed by atoms with Gasteiger partial charge in [-0.05, 0) is 18.2 Å². The number of rotatable bonds is 7. The number of ketones is 1. The third kappa shape index (κ3) is 4.31. The molecule has 0 bridgehead atoms. The molecule has 2 aromatic carbocycles. The number of anilines is 1.